The SMILES string of the molecule is C[Si](C)(C)c1ccc([Si](C)(C)C)n1N(S(C)(=O)=O)S(C)(=O)=O. The average Bonchev–Trinajstić information content (AvgIpc) is 2.54. The molecule has 10 heteroatoms. The van der Waals surface area contributed by atoms with Crippen LogP contribution in [0.4, 0.5) is 0 Å². The van der Waals surface area contributed by atoms with Crippen LogP contribution in [-0.2, 0) is 20.0 Å². The Morgan fingerprint density at radius 1 is 0.773 bits per heavy atom. The first-order chi connectivity index (χ1) is 9.47. The van der Waals surface area contributed by atoms with Crippen molar-refractivity contribution in [1.29, 1.82) is 0 Å². The monoisotopic (exact) mass is 382 g/mol. The highest BCUT2D eigenvalue weighted by Gasteiger charge is 2.37. The van der Waals surface area contributed by atoms with E-state index in [9.17, 15) is 16.8 Å². The third-order valence-corrected chi connectivity index (χ3v) is 10.0. The van der Waals surface area contributed by atoms with E-state index in [0.29, 0.717) is 3.82 Å². The van der Waals surface area contributed by atoms with Gasteiger partial charge in [0.1, 0.15) is 16.1 Å². The molecule has 0 atom stereocenters. The molecule has 1 rings (SSSR count). The Kier molecular flexibility index (Phi) is 4.86. The van der Waals surface area contributed by atoms with E-state index in [0.717, 1.165) is 23.1 Å². The molecule has 22 heavy (non-hydrogen) atoms. The van der Waals surface area contributed by atoms with Crippen molar-refractivity contribution in [3.05, 3.63) is 12.1 Å². The molecule has 0 aromatic carbocycles. The van der Waals surface area contributed by atoms with Crippen LogP contribution < -0.4 is 14.5 Å². The minimum atomic E-state index is -3.96. The third-order valence-electron chi connectivity index (χ3n) is 3.12. The van der Waals surface area contributed by atoms with E-state index in [-0.39, 0.29) is 0 Å². The summed E-state index contributed by atoms with van der Waals surface area (Å²) in [4.78, 5) is 0. The van der Waals surface area contributed by atoms with Crippen LogP contribution in [0.1, 0.15) is 0 Å². The fourth-order valence-corrected chi connectivity index (χ4v) is 8.48. The number of nitrogens with zero attached hydrogens (tertiary/aromatic N) is 2. The van der Waals surface area contributed by atoms with Crippen molar-refractivity contribution in [3.8, 4) is 0 Å². The zero-order chi connectivity index (χ0) is 17.7. The second-order valence-corrected chi connectivity index (χ2v) is 21.5. The van der Waals surface area contributed by atoms with Crippen LogP contribution >= 0.6 is 0 Å². The smallest absolute Gasteiger partial charge is 0.247 e. The van der Waals surface area contributed by atoms with Gasteiger partial charge in [-0.05, 0) is 12.1 Å². The Morgan fingerprint density at radius 3 is 1.23 bits per heavy atom. The second kappa shape index (κ2) is 5.50. The minimum Gasteiger partial charge on any atom is -0.247 e. The first kappa shape index (κ1) is 19.5. The maximum Gasteiger partial charge on any atom is 0.259 e. The molecule has 128 valence electrons. The van der Waals surface area contributed by atoms with Crippen LogP contribution in [-0.4, -0.2) is 50.2 Å². The lowest BCUT2D eigenvalue weighted by Gasteiger charge is -2.32. The zero-order valence-electron chi connectivity index (χ0n) is 14.5. The van der Waals surface area contributed by atoms with Crippen LogP contribution in [0.15, 0.2) is 12.1 Å². The summed E-state index contributed by atoms with van der Waals surface area (Å²) in [5, 5.41) is 1.58. The summed E-state index contributed by atoms with van der Waals surface area (Å²) in [6, 6.07) is 3.76. The maximum atomic E-state index is 12.2. The molecule has 0 aliphatic carbocycles. The summed E-state index contributed by atoms with van der Waals surface area (Å²) in [5.41, 5.74) is 0. The fraction of sp³-hybridized carbons (Fsp3) is 0.667. The van der Waals surface area contributed by atoms with Gasteiger partial charge in [-0.15, -0.1) is 0 Å². The summed E-state index contributed by atoms with van der Waals surface area (Å²) >= 11 is 0. The molecule has 0 bridgehead atoms. The molecule has 0 N–H and O–H groups in total. The largest absolute Gasteiger partial charge is 0.259 e. The van der Waals surface area contributed by atoms with Crippen molar-refractivity contribution in [3.63, 3.8) is 0 Å². The number of aromatic nitrogens is 1. The molecule has 0 radical (unpaired) electrons. The topological polar surface area (TPSA) is 76.5 Å². The van der Waals surface area contributed by atoms with E-state index >= 15 is 0 Å². The quantitative estimate of drug-likeness (QED) is 0.692. The molecule has 1 heterocycles. The summed E-state index contributed by atoms with van der Waals surface area (Å²) < 4.78 is 50.8. The lowest BCUT2D eigenvalue weighted by atomic mass is 10.7. The van der Waals surface area contributed by atoms with Crippen LogP contribution in [0, 0.1) is 0 Å². The molecule has 0 fully saturated rings. The van der Waals surface area contributed by atoms with E-state index in [1.54, 1.807) is 0 Å². The minimum absolute atomic E-state index is 0.557. The Bertz CT molecular complexity index is 706. The molecule has 0 aliphatic rings. The molecular weight excluding hydrogens is 356 g/mol. The van der Waals surface area contributed by atoms with Gasteiger partial charge < -0.3 is 0 Å². The predicted molar refractivity (Wildman–Crippen MR) is 98.3 cm³/mol. The van der Waals surface area contributed by atoms with Gasteiger partial charge in [0.15, 0.2) is 0 Å². The van der Waals surface area contributed by atoms with Crippen LogP contribution in [0.3, 0.4) is 0 Å². The zero-order valence-corrected chi connectivity index (χ0v) is 18.1. The molecule has 0 saturated carbocycles. The van der Waals surface area contributed by atoms with E-state index in [1.165, 1.54) is 4.68 Å². The average molecular weight is 383 g/mol. The van der Waals surface area contributed by atoms with Crippen LogP contribution in [0.5, 0.6) is 0 Å². The molecule has 1 aromatic rings. The van der Waals surface area contributed by atoms with Crippen molar-refractivity contribution < 1.29 is 16.8 Å². The van der Waals surface area contributed by atoms with Gasteiger partial charge in [0.2, 0.25) is 0 Å². The van der Waals surface area contributed by atoms with Gasteiger partial charge in [-0.2, -0.15) is 0 Å². The molecular formula is C12H26N2O4S2Si2. The Morgan fingerprint density at radius 2 is 1.05 bits per heavy atom. The van der Waals surface area contributed by atoms with Crippen LogP contribution in [0.25, 0.3) is 0 Å². The molecule has 0 aliphatic heterocycles. The number of hydrogen-bond acceptors (Lipinski definition) is 4. The highest BCUT2D eigenvalue weighted by molar-refractivity contribution is 8.09. The van der Waals surface area contributed by atoms with Crippen molar-refractivity contribution in [2.24, 2.45) is 0 Å². The lowest BCUT2D eigenvalue weighted by Crippen LogP contribution is -2.61. The molecule has 1 aromatic heterocycles. The van der Waals surface area contributed by atoms with E-state index in [2.05, 4.69) is 39.3 Å². The number of sulfonamides is 2. The third kappa shape index (κ3) is 4.03. The van der Waals surface area contributed by atoms with Gasteiger partial charge in [0, 0.05) is 10.6 Å². The number of hydrogen-bond donors (Lipinski definition) is 0. The second-order valence-electron chi connectivity index (χ2n) is 7.62. The Hall–Kier alpha value is -0.586. The van der Waals surface area contributed by atoms with Gasteiger partial charge >= 0.3 is 0 Å². The normalized spacial score (nSPS) is 14.2. The Labute approximate surface area is 136 Å². The van der Waals surface area contributed by atoms with Crippen LogP contribution in [0.2, 0.25) is 39.3 Å². The van der Waals surface area contributed by atoms with Gasteiger partial charge in [-0.25, -0.2) is 21.5 Å². The number of rotatable bonds is 5. The van der Waals surface area contributed by atoms with Crippen molar-refractivity contribution in [2.75, 3.05) is 16.3 Å². The summed E-state index contributed by atoms with van der Waals surface area (Å²) in [6.07, 6.45) is 1.85. The van der Waals surface area contributed by atoms with E-state index in [1.807, 2.05) is 12.1 Å². The van der Waals surface area contributed by atoms with Crippen molar-refractivity contribution >= 4 is 46.8 Å². The first-order valence-corrected chi connectivity index (χ1v) is 17.6. The van der Waals surface area contributed by atoms with Gasteiger partial charge in [0.05, 0.1) is 12.5 Å². The van der Waals surface area contributed by atoms with Crippen molar-refractivity contribution in [2.45, 2.75) is 39.3 Å². The van der Waals surface area contributed by atoms with E-state index < -0.39 is 36.2 Å². The first-order valence-electron chi connectivity index (χ1n) is 6.91. The Balaban J connectivity index is 3.94. The summed E-state index contributed by atoms with van der Waals surface area (Å²) in [5.74, 6) is 0. The standard InChI is InChI=1S/C12H26N2O4S2Si2/c1-19(15,16)14(20(2,17)18)13-11(21(3,4)5)9-10-12(13)22(6,7)8/h9-10H,1-8H3. The molecule has 6 nitrogen and oxygen atoms in total. The molecule has 0 spiro atoms. The summed E-state index contributed by atoms with van der Waals surface area (Å²) in [6.45, 7) is 12.4. The summed E-state index contributed by atoms with van der Waals surface area (Å²) in [7, 11) is -11.8. The molecule has 0 unspecified atom stereocenters. The predicted octanol–water partition coefficient (Wildman–Crippen LogP) is 0.436. The fourth-order valence-electron chi connectivity index (χ4n) is 2.28. The lowest BCUT2D eigenvalue weighted by molar-refractivity contribution is 0.577. The van der Waals surface area contributed by atoms with E-state index in [4.69, 9.17) is 0 Å². The highest BCUT2D eigenvalue weighted by Crippen LogP contribution is 2.12. The maximum absolute atomic E-state index is 12.2. The molecule has 0 saturated heterocycles. The van der Waals surface area contributed by atoms with Gasteiger partial charge in [-0.1, -0.05) is 43.1 Å². The van der Waals surface area contributed by atoms with Gasteiger partial charge in [0.25, 0.3) is 20.0 Å². The highest BCUT2D eigenvalue weighted by atomic mass is 32.3. The van der Waals surface area contributed by atoms with Gasteiger partial charge in [-0.3, -0.25) is 0 Å². The van der Waals surface area contributed by atoms with Crippen molar-refractivity contribution in [1.82, 2.24) is 4.68 Å². The molecule has 0 amide bonds.